The lowest BCUT2D eigenvalue weighted by Crippen LogP contribution is -2.41. The summed E-state index contributed by atoms with van der Waals surface area (Å²) in [5.41, 5.74) is 0.412. The molecule has 0 aliphatic rings. The van der Waals surface area contributed by atoms with E-state index in [0.717, 1.165) is 4.47 Å². The smallest absolute Gasteiger partial charge is 0.309 e. The Hall–Kier alpha value is -0.620. The average molecular weight is 283 g/mol. The van der Waals surface area contributed by atoms with Gasteiger partial charge in [-0.25, -0.2) is 0 Å². The highest BCUT2D eigenvalue weighted by molar-refractivity contribution is 9.10. The van der Waals surface area contributed by atoms with Gasteiger partial charge in [0.1, 0.15) is 6.04 Å². The Morgan fingerprint density at radius 2 is 2.13 bits per heavy atom. The average Bonchev–Trinajstić information content (AvgIpc) is 2.15. The fourth-order valence-electron chi connectivity index (χ4n) is 1.12. The number of halogens is 4. The lowest BCUT2D eigenvalue weighted by atomic mass is 10.1. The number of rotatable bonds is 3. The van der Waals surface area contributed by atoms with Gasteiger partial charge in [-0.3, -0.25) is 4.98 Å². The summed E-state index contributed by atoms with van der Waals surface area (Å²) < 4.78 is 37.9. The van der Waals surface area contributed by atoms with Crippen LogP contribution < -0.4 is 5.32 Å². The van der Waals surface area contributed by atoms with Crippen molar-refractivity contribution in [1.29, 1.82) is 0 Å². The Labute approximate surface area is 94.0 Å². The molecule has 0 amide bonds. The summed E-state index contributed by atoms with van der Waals surface area (Å²) in [6.07, 6.45) is -2.92. The Bertz CT molecular complexity index is 310. The fraction of sp³-hybridized carbons (Fsp3) is 0.444. The van der Waals surface area contributed by atoms with E-state index in [0.29, 0.717) is 5.69 Å². The number of pyridine rings is 1. The van der Waals surface area contributed by atoms with Crippen LogP contribution in [0, 0.1) is 0 Å². The van der Waals surface area contributed by atoms with Crippen LogP contribution in [0.2, 0.25) is 0 Å². The molecule has 1 N–H and O–H groups in total. The lowest BCUT2D eigenvalue weighted by molar-refractivity contribution is -0.154. The number of hydrogen-bond acceptors (Lipinski definition) is 2. The van der Waals surface area contributed by atoms with Crippen LogP contribution in [-0.2, 0) is 6.42 Å². The molecule has 1 atom stereocenters. The van der Waals surface area contributed by atoms with E-state index in [2.05, 4.69) is 26.2 Å². The first-order valence-corrected chi connectivity index (χ1v) is 5.07. The van der Waals surface area contributed by atoms with Crippen molar-refractivity contribution in [3.63, 3.8) is 0 Å². The monoisotopic (exact) mass is 282 g/mol. The SMILES string of the molecule is CNC(Cc1ccc(Br)cn1)C(F)(F)F. The Balaban J connectivity index is 2.71. The maximum absolute atomic E-state index is 12.4. The fourth-order valence-corrected chi connectivity index (χ4v) is 1.35. The zero-order valence-electron chi connectivity index (χ0n) is 7.98. The van der Waals surface area contributed by atoms with Crippen molar-refractivity contribution in [3.8, 4) is 0 Å². The molecule has 0 spiro atoms. The van der Waals surface area contributed by atoms with Gasteiger partial charge in [-0.15, -0.1) is 0 Å². The Morgan fingerprint density at radius 3 is 2.53 bits per heavy atom. The van der Waals surface area contributed by atoms with Gasteiger partial charge in [0.15, 0.2) is 0 Å². The van der Waals surface area contributed by atoms with Gasteiger partial charge in [0.2, 0.25) is 0 Å². The van der Waals surface area contributed by atoms with E-state index in [1.807, 2.05) is 0 Å². The molecular weight excluding hydrogens is 273 g/mol. The van der Waals surface area contributed by atoms with E-state index in [4.69, 9.17) is 0 Å². The third kappa shape index (κ3) is 3.79. The maximum Gasteiger partial charge on any atom is 0.404 e. The van der Waals surface area contributed by atoms with Gasteiger partial charge in [0.25, 0.3) is 0 Å². The molecule has 1 unspecified atom stereocenters. The number of hydrogen-bond donors (Lipinski definition) is 1. The first kappa shape index (κ1) is 12.4. The van der Waals surface area contributed by atoms with Gasteiger partial charge >= 0.3 is 6.18 Å². The molecule has 15 heavy (non-hydrogen) atoms. The van der Waals surface area contributed by atoms with Crippen LogP contribution in [-0.4, -0.2) is 24.2 Å². The highest BCUT2D eigenvalue weighted by atomic mass is 79.9. The molecule has 0 bridgehead atoms. The largest absolute Gasteiger partial charge is 0.404 e. The lowest BCUT2D eigenvalue weighted by Gasteiger charge is -2.18. The third-order valence-corrected chi connectivity index (χ3v) is 2.41. The van der Waals surface area contributed by atoms with Crippen molar-refractivity contribution >= 4 is 15.9 Å². The van der Waals surface area contributed by atoms with E-state index < -0.39 is 12.2 Å². The van der Waals surface area contributed by atoms with Crippen molar-refractivity contribution in [2.75, 3.05) is 7.05 Å². The Morgan fingerprint density at radius 1 is 1.47 bits per heavy atom. The van der Waals surface area contributed by atoms with Crippen molar-refractivity contribution in [2.24, 2.45) is 0 Å². The van der Waals surface area contributed by atoms with Crippen LogP contribution in [0.5, 0.6) is 0 Å². The standard InChI is InChI=1S/C9H10BrF3N2/c1-14-8(9(11,12)13)4-7-3-2-6(10)5-15-7/h2-3,5,8,14H,4H2,1H3. The molecule has 0 fully saturated rings. The molecule has 6 heteroatoms. The summed E-state index contributed by atoms with van der Waals surface area (Å²) in [6.45, 7) is 0. The Kier molecular flexibility index (Phi) is 4.10. The maximum atomic E-state index is 12.4. The van der Waals surface area contributed by atoms with E-state index in [1.54, 1.807) is 12.1 Å². The molecule has 1 rings (SSSR count). The summed E-state index contributed by atoms with van der Waals surface area (Å²) in [5, 5.41) is 2.23. The number of nitrogens with one attached hydrogen (secondary N) is 1. The van der Waals surface area contributed by atoms with Gasteiger partial charge in [-0.2, -0.15) is 13.2 Å². The number of nitrogens with zero attached hydrogens (tertiary/aromatic N) is 1. The second kappa shape index (κ2) is 4.94. The molecule has 1 heterocycles. The van der Waals surface area contributed by atoms with Crippen LogP contribution in [0.25, 0.3) is 0 Å². The summed E-state index contributed by atoms with van der Waals surface area (Å²) in [6, 6.07) is 1.69. The highest BCUT2D eigenvalue weighted by Gasteiger charge is 2.38. The molecule has 84 valence electrons. The van der Waals surface area contributed by atoms with Crippen molar-refractivity contribution in [2.45, 2.75) is 18.6 Å². The van der Waals surface area contributed by atoms with Crippen LogP contribution in [0.1, 0.15) is 5.69 Å². The van der Waals surface area contributed by atoms with E-state index in [1.165, 1.54) is 13.2 Å². The topological polar surface area (TPSA) is 24.9 Å². The molecule has 2 nitrogen and oxygen atoms in total. The summed E-state index contributed by atoms with van der Waals surface area (Å²) in [7, 11) is 1.29. The highest BCUT2D eigenvalue weighted by Crippen LogP contribution is 2.22. The van der Waals surface area contributed by atoms with Gasteiger partial charge in [0, 0.05) is 22.8 Å². The molecule has 0 saturated carbocycles. The summed E-state index contributed by atoms with van der Waals surface area (Å²) in [4.78, 5) is 3.89. The second-order valence-electron chi connectivity index (χ2n) is 3.05. The molecule has 1 aromatic heterocycles. The molecule has 1 aromatic rings. The minimum Gasteiger partial charge on any atom is -0.309 e. The van der Waals surface area contributed by atoms with Crippen LogP contribution in [0.4, 0.5) is 13.2 Å². The first-order chi connectivity index (χ1) is 6.93. The van der Waals surface area contributed by atoms with Crippen molar-refractivity contribution in [3.05, 3.63) is 28.5 Å². The minimum absolute atomic E-state index is 0.159. The molecule has 0 aromatic carbocycles. The normalized spacial score (nSPS) is 13.9. The predicted octanol–water partition coefficient (Wildman–Crippen LogP) is 2.54. The quantitative estimate of drug-likeness (QED) is 0.922. The van der Waals surface area contributed by atoms with Crippen molar-refractivity contribution in [1.82, 2.24) is 10.3 Å². The summed E-state index contributed by atoms with van der Waals surface area (Å²) in [5.74, 6) is 0. The van der Waals surface area contributed by atoms with Crippen LogP contribution in [0.15, 0.2) is 22.8 Å². The van der Waals surface area contributed by atoms with Crippen LogP contribution in [0.3, 0.4) is 0 Å². The van der Waals surface area contributed by atoms with Gasteiger partial charge in [-0.1, -0.05) is 0 Å². The van der Waals surface area contributed by atoms with Crippen LogP contribution >= 0.6 is 15.9 Å². The van der Waals surface area contributed by atoms with Gasteiger partial charge in [-0.05, 0) is 35.1 Å². The molecule has 0 radical (unpaired) electrons. The van der Waals surface area contributed by atoms with E-state index in [-0.39, 0.29) is 6.42 Å². The first-order valence-electron chi connectivity index (χ1n) is 4.28. The van der Waals surface area contributed by atoms with Crippen molar-refractivity contribution < 1.29 is 13.2 Å². The minimum atomic E-state index is -4.25. The van der Waals surface area contributed by atoms with E-state index in [9.17, 15) is 13.2 Å². The zero-order valence-corrected chi connectivity index (χ0v) is 9.56. The zero-order chi connectivity index (χ0) is 11.5. The number of alkyl halides is 3. The summed E-state index contributed by atoms with van der Waals surface area (Å²) >= 11 is 3.17. The molecular formula is C9H10BrF3N2. The van der Waals surface area contributed by atoms with Gasteiger partial charge in [0.05, 0.1) is 0 Å². The molecule has 0 aliphatic heterocycles. The molecule has 0 aliphatic carbocycles. The number of aromatic nitrogens is 1. The molecule has 0 saturated heterocycles. The predicted molar refractivity (Wildman–Crippen MR) is 54.5 cm³/mol. The third-order valence-electron chi connectivity index (χ3n) is 1.95. The van der Waals surface area contributed by atoms with E-state index >= 15 is 0 Å². The van der Waals surface area contributed by atoms with Gasteiger partial charge < -0.3 is 5.32 Å². The number of likely N-dealkylation sites (N-methyl/N-ethyl adjacent to an activating group) is 1. The second-order valence-corrected chi connectivity index (χ2v) is 3.97.